The molecule has 3 rings (SSSR count). The summed E-state index contributed by atoms with van der Waals surface area (Å²) in [6.07, 6.45) is 3.81. The number of aryl methyl sites for hydroxylation is 2. The number of imidazole rings is 1. The van der Waals surface area contributed by atoms with E-state index in [4.69, 9.17) is 4.98 Å². The molecule has 114 valence electrons. The van der Waals surface area contributed by atoms with Gasteiger partial charge in [0.15, 0.2) is 0 Å². The van der Waals surface area contributed by atoms with E-state index in [2.05, 4.69) is 63.4 Å². The molecule has 22 heavy (non-hydrogen) atoms. The Hall–Kier alpha value is -1.88. The number of fused-ring (bicyclic) bond motifs is 1. The second-order valence-electron chi connectivity index (χ2n) is 5.64. The summed E-state index contributed by atoms with van der Waals surface area (Å²) >= 11 is 3.57. The van der Waals surface area contributed by atoms with E-state index in [0.29, 0.717) is 0 Å². The Morgan fingerprint density at radius 3 is 2.73 bits per heavy atom. The molecule has 0 aliphatic rings. The number of pyridine rings is 1. The number of hydrogen-bond donors (Lipinski definition) is 0. The van der Waals surface area contributed by atoms with Gasteiger partial charge in [-0.25, -0.2) is 4.98 Å². The lowest BCUT2D eigenvalue weighted by Crippen LogP contribution is -2.20. The first-order valence-corrected chi connectivity index (χ1v) is 8.00. The van der Waals surface area contributed by atoms with Gasteiger partial charge in [0.25, 0.3) is 0 Å². The number of hydrogen-bond acceptors (Lipinski definition) is 3. The first-order valence-electron chi connectivity index (χ1n) is 7.21. The molecule has 0 aliphatic heterocycles. The van der Waals surface area contributed by atoms with Crippen molar-refractivity contribution in [3.63, 3.8) is 0 Å². The van der Waals surface area contributed by atoms with Crippen molar-refractivity contribution in [2.24, 2.45) is 7.05 Å². The molecule has 0 fully saturated rings. The summed E-state index contributed by atoms with van der Waals surface area (Å²) in [4.78, 5) is 11.4. The van der Waals surface area contributed by atoms with Crippen molar-refractivity contribution in [1.29, 1.82) is 0 Å². The van der Waals surface area contributed by atoms with Crippen molar-refractivity contribution >= 4 is 32.5 Å². The third-order valence-corrected chi connectivity index (χ3v) is 4.57. The van der Waals surface area contributed by atoms with Crippen molar-refractivity contribution in [3.8, 4) is 0 Å². The molecule has 0 saturated carbocycles. The third-order valence-electron chi connectivity index (χ3n) is 4.08. The highest BCUT2D eigenvalue weighted by molar-refractivity contribution is 9.10. The smallest absolute Gasteiger partial charge is 0.127 e. The Labute approximate surface area is 138 Å². The number of anilines is 1. The Morgan fingerprint density at radius 2 is 2.05 bits per heavy atom. The van der Waals surface area contributed by atoms with Crippen LogP contribution in [0.4, 0.5) is 5.69 Å². The van der Waals surface area contributed by atoms with E-state index >= 15 is 0 Å². The van der Waals surface area contributed by atoms with Crippen LogP contribution in [0.25, 0.3) is 10.9 Å². The molecule has 0 amide bonds. The maximum atomic E-state index is 4.71. The quantitative estimate of drug-likeness (QED) is 0.709. The number of nitrogens with zero attached hydrogens (tertiary/aromatic N) is 4. The summed E-state index contributed by atoms with van der Waals surface area (Å²) in [5, 5.41) is 1.16. The zero-order valence-electron chi connectivity index (χ0n) is 13.3. The van der Waals surface area contributed by atoms with Crippen LogP contribution < -0.4 is 4.90 Å². The van der Waals surface area contributed by atoms with Crippen molar-refractivity contribution in [2.45, 2.75) is 20.4 Å². The molecule has 2 aromatic heterocycles. The van der Waals surface area contributed by atoms with E-state index < -0.39 is 0 Å². The molecule has 4 nitrogen and oxygen atoms in total. The number of rotatable bonds is 3. The van der Waals surface area contributed by atoms with Crippen LogP contribution in [0.2, 0.25) is 0 Å². The van der Waals surface area contributed by atoms with Gasteiger partial charge >= 0.3 is 0 Å². The van der Waals surface area contributed by atoms with E-state index in [1.54, 1.807) is 0 Å². The molecule has 0 spiro atoms. The van der Waals surface area contributed by atoms with Gasteiger partial charge < -0.3 is 9.47 Å². The first-order chi connectivity index (χ1) is 10.5. The average molecular weight is 359 g/mol. The zero-order chi connectivity index (χ0) is 15.9. The van der Waals surface area contributed by atoms with E-state index in [-0.39, 0.29) is 0 Å². The van der Waals surface area contributed by atoms with E-state index in [0.717, 1.165) is 33.4 Å². The predicted molar refractivity (Wildman–Crippen MR) is 94.2 cm³/mol. The highest BCUT2D eigenvalue weighted by atomic mass is 79.9. The highest BCUT2D eigenvalue weighted by Gasteiger charge is 2.15. The van der Waals surface area contributed by atoms with Gasteiger partial charge in [-0.05, 0) is 37.6 Å². The summed E-state index contributed by atoms with van der Waals surface area (Å²) in [5.74, 6) is 1.04. The van der Waals surface area contributed by atoms with Gasteiger partial charge in [-0.2, -0.15) is 0 Å². The van der Waals surface area contributed by atoms with Crippen LogP contribution in [-0.4, -0.2) is 21.6 Å². The fraction of sp³-hybridized carbons (Fsp3) is 0.294. The van der Waals surface area contributed by atoms with Crippen molar-refractivity contribution < 1.29 is 0 Å². The van der Waals surface area contributed by atoms with Crippen LogP contribution in [-0.2, 0) is 13.6 Å². The summed E-state index contributed by atoms with van der Waals surface area (Å²) in [5.41, 5.74) is 4.51. The molecule has 3 aromatic rings. The van der Waals surface area contributed by atoms with Gasteiger partial charge in [-0.15, -0.1) is 0 Å². The Balaban J connectivity index is 2.14. The minimum atomic E-state index is 0.759. The van der Waals surface area contributed by atoms with Crippen LogP contribution in [0.1, 0.15) is 17.1 Å². The van der Waals surface area contributed by atoms with Gasteiger partial charge in [0.05, 0.1) is 17.7 Å². The Bertz CT molecular complexity index is 838. The monoisotopic (exact) mass is 358 g/mol. The third kappa shape index (κ3) is 2.61. The van der Waals surface area contributed by atoms with Gasteiger partial charge in [0.1, 0.15) is 5.82 Å². The minimum absolute atomic E-state index is 0.759. The highest BCUT2D eigenvalue weighted by Crippen LogP contribution is 2.33. The van der Waals surface area contributed by atoms with Crippen LogP contribution in [0, 0.1) is 13.8 Å². The molecule has 0 aliphatic carbocycles. The maximum absolute atomic E-state index is 4.71. The molecule has 0 unspecified atom stereocenters. The summed E-state index contributed by atoms with van der Waals surface area (Å²) in [6, 6.07) is 6.23. The standard InChI is InChI=1S/C17H19BrN4/c1-11-12(2)20-15-6-5-13(18)9-14(15)17(11)22(4)10-16-19-7-8-21(16)3/h5-9H,10H2,1-4H3. The molecule has 0 radical (unpaired) electrons. The number of halogens is 1. The fourth-order valence-corrected chi connectivity index (χ4v) is 3.13. The maximum Gasteiger partial charge on any atom is 0.127 e. The van der Waals surface area contributed by atoms with E-state index in [1.165, 1.54) is 11.3 Å². The Morgan fingerprint density at radius 1 is 1.27 bits per heavy atom. The topological polar surface area (TPSA) is 34.0 Å². The second-order valence-corrected chi connectivity index (χ2v) is 6.56. The van der Waals surface area contributed by atoms with Gasteiger partial charge in [-0.3, -0.25) is 4.98 Å². The minimum Gasteiger partial charge on any atom is -0.366 e. The average Bonchev–Trinajstić information content (AvgIpc) is 2.86. The number of benzene rings is 1. The SMILES string of the molecule is Cc1nc2ccc(Br)cc2c(N(C)Cc2nccn2C)c1C. The van der Waals surface area contributed by atoms with E-state index in [1.807, 2.05) is 25.5 Å². The van der Waals surface area contributed by atoms with Gasteiger partial charge in [-0.1, -0.05) is 15.9 Å². The van der Waals surface area contributed by atoms with Crippen molar-refractivity contribution in [1.82, 2.24) is 14.5 Å². The predicted octanol–water partition coefficient (Wildman–Crippen LogP) is 3.98. The van der Waals surface area contributed by atoms with Crippen molar-refractivity contribution in [2.75, 3.05) is 11.9 Å². The second kappa shape index (κ2) is 5.72. The normalized spacial score (nSPS) is 11.1. The summed E-state index contributed by atoms with van der Waals surface area (Å²) in [6.45, 7) is 4.96. The summed E-state index contributed by atoms with van der Waals surface area (Å²) < 4.78 is 3.12. The van der Waals surface area contributed by atoms with Gasteiger partial charge in [0, 0.05) is 42.0 Å². The van der Waals surface area contributed by atoms with Crippen LogP contribution in [0.15, 0.2) is 35.1 Å². The zero-order valence-corrected chi connectivity index (χ0v) is 14.8. The fourth-order valence-electron chi connectivity index (χ4n) is 2.77. The lowest BCUT2D eigenvalue weighted by atomic mass is 10.1. The first kappa shape index (κ1) is 15.0. The summed E-state index contributed by atoms with van der Waals surface area (Å²) in [7, 11) is 4.13. The van der Waals surface area contributed by atoms with Crippen LogP contribution in [0.3, 0.4) is 0 Å². The molecule has 0 atom stereocenters. The molecular formula is C17H19BrN4. The van der Waals surface area contributed by atoms with Crippen LogP contribution in [0.5, 0.6) is 0 Å². The molecular weight excluding hydrogens is 340 g/mol. The molecule has 2 heterocycles. The molecule has 0 saturated heterocycles. The molecule has 0 bridgehead atoms. The molecule has 1 aromatic carbocycles. The molecule has 0 N–H and O–H groups in total. The lowest BCUT2D eigenvalue weighted by molar-refractivity contribution is 0.761. The lowest BCUT2D eigenvalue weighted by Gasteiger charge is -2.24. The van der Waals surface area contributed by atoms with Gasteiger partial charge in [0.2, 0.25) is 0 Å². The Kier molecular flexibility index (Phi) is 3.91. The van der Waals surface area contributed by atoms with Crippen LogP contribution >= 0.6 is 15.9 Å². The largest absolute Gasteiger partial charge is 0.366 e. The van der Waals surface area contributed by atoms with Crippen molar-refractivity contribution in [3.05, 3.63) is 52.1 Å². The van der Waals surface area contributed by atoms with E-state index in [9.17, 15) is 0 Å². The molecule has 5 heteroatoms. The number of aromatic nitrogens is 3.